The highest BCUT2D eigenvalue weighted by Crippen LogP contribution is 2.34. The molecule has 1 N–H and O–H groups in total. The molecule has 1 aliphatic rings. The maximum atomic E-state index is 14.1. The molecule has 0 bridgehead atoms. The summed E-state index contributed by atoms with van der Waals surface area (Å²) in [6, 6.07) is 7.69. The molecule has 2 aromatic rings. The number of benzene rings is 1. The Hall–Kier alpha value is -2.61. The highest BCUT2D eigenvalue weighted by Gasteiger charge is 2.34. The van der Waals surface area contributed by atoms with Crippen molar-refractivity contribution in [3.05, 3.63) is 52.0 Å². The number of carbonyl (C=O) groups excluding carboxylic acids is 2. The molecule has 1 atom stereocenters. The van der Waals surface area contributed by atoms with Gasteiger partial charge in [-0.05, 0) is 62.8 Å². The van der Waals surface area contributed by atoms with Crippen LogP contribution in [0.3, 0.4) is 0 Å². The zero-order valence-corrected chi connectivity index (χ0v) is 20.0. The van der Waals surface area contributed by atoms with E-state index in [1.165, 1.54) is 10.9 Å². The predicted octanol–water partition coefficient (Wildman–Crippen LogP) is 4.61. The molecule has 3 rings (SSSR count). The van der Waals surface area contributed by atoms with Crippen LogP contribution in [0.5, 0.6) is 5.75 Å². The first-order valence-electron chi connectivity index (χ1n) is 11.0. The van der Waals surface area contributed by atoms with Crippen LogP contribution in [0.1, 0.15) is 50.6 Å². The molecule has 0 unspecified atom stereocenters. The van der Waals surface area contributed by atoms with E-state index in [9.17, 15) is 14.0 Å². The molecule has 32 heavy (non-hydrogen) atoms. The molecule has 2 heterocycles. The van der Waals surface area contributed by atoms with Crippen LogP contribution >= 0.6 is 11.3 Å². The molecule has 8 heteroatoms. The molecule has 0 aliphatic carbocycles. The van der Waals surface area contributed by atoms with Crippen LogP contribution < -0.4 is 10.1 Å². The van der Waals surface area contributed by atoms with E-state index in [-0.39, 0.29) is 42.4 Å². The summed E-state index contributed by atoms with van der Waals surface area (Å²) in [4.78, 5) is 30.6. The number of urea groups is 1. The van der Waals surface area contributed by atoms with Crippen LogP contribution in [0.2, 0.25) is 0 Å². The fourth-order valence-corrected chi connectivity index (χ4v) is 4.71. The number of nitrogens with zero attached hydrogens (tertiary/aromatic N) is 2. The first kappa shape index (κ1) is 24.0. The van der Waals surface area contributed by atoms with Crippen LogP contribution in [0.15, 0.2) is 35.7 Å². The lowest BCUT2D eigenvalue weighted by Crippen LogP contribution is -2.53. The third kappa shape index (κ3) is 6.00. The van der Waals surface area contributed by atoms with E-state index >= 15 is 0 Å². The minimum Gasteiger partial charge on any atom is -0.488 e. The summed E-state index contributed by atoms with van der Waals surface area (Å²) in [5.41, 5.74) is 0.644. The van der Waals surface area contributed by atoms with Gasteiger partial charge in [-0.3, -0.25) is 4.79 Å². The van der Waals surface area contributed by atoms with Gasteiger partial charge in [0.25, 0.3) is 0 Å². The lowest BCUT2D eigenvalue weighted by molar-refractivity contribution is -0.135. The molecule has 0 fully saturated rings. The number of carbonyl (C=O) groups is 2. The van der Waals surface area contributed by atoms with E-state index in [0.29, 0.717) is 13.1 Å². The SMILES string of the molecule is CCCN(CC(=O)N1CCc2sccc2[C@H]1COc1ccccc1F)C(=O)NC(C)(C)C. The molecule has 0 saturated heterocycles. The standard InChI is InChI=1S/C24H32FN3O3S/c1-5-12-27(23(30)26-24(2,3)4)15-22(29)28-13-10-21-17(11-14-32-21)19(28)16-31-20-9-7-6-8-18(20)25/h6-9,11,14,19H,5,10,12-13,15-16H2,1-4H3,(H,26,30)/t19-/m1/s1. The number of thiophene rings is 1. The largest absolute Gasteiger partial charge is 0.488 e. The van der Waals surface area contributed by atoms with Gasteiger partial charge < -0.3 is 19.9 Å². The average Bonchev–Trinajstić information content (AvgIpc) is 3.20. The Morgan fingerprint density at radius 1 is 1.28 bits per heavy atom. The second kappa shape index (κ2) is 10.3. The average molecular weight is 462 g/mol. The fraction of sp³-hybridized carbons (Fsp3) is 0.500. The number of hydrogen-bond donors (Lipinski definition) is 1. The number of ether oxygens (including phenoxy) is 1. The molecule has 0 saturated carbocycles. The first-order valence-corrected chi connectivity index (χ1v) is 11.9. The Morgan fingerprint density at radius 3 is 2.72 bits per heavy atom. The summed E-state index contributed by atoms with van der Waals surface area (Å²) >= 11 is 1.66. The predicted molar refractivity (Wildman–Crippen MR) is 125 cm³/mol. The highest BCUT2D eigenvalue weighted by molar-refractivity contribution is 7.10. The summed E-state index contributed by atoms with van der Waals surface area (Å²) in [7, 11) is 0. The lowest BCUT2D eigenvalue weighted by Gasteiger charge is -2.37. The van der Waals surface area contributed by atoms with Crippen LogP contribution in [-0.4, -0.2) is 53.5 Å². The third-order valence-electron chi connectivity index (χ3n) is 5.24. The third-order valence-corrected chi connectivity index (χ3v) is 6.23. The smallest absolute Gasteiger partial charge is 0.318 e. The zero-order chi connectivity index (χ0) is 23.3. The second-order valence-electron chi connectivity index (χ2n) is 9.00. The van der Waals surface area contributed by atoms with Crippen molar-refractivity contribution in [1.29, 1.82) is 0 Å². The molecular formula is C24H32FN3O3S. The van der Waals surface area contributed by atoms with Crippen LogP contribution in [0.4, 0.5) is 9.18 Å². The Kier molecular flexibility index (Phi) is 7.77. The van der Waals surface area contributed by atoms with Gasteiger partial charge in [0.15, 0.2) is 11.6 Å². The molecule has 1 aromatic heterocycles. The normalized spacial score (nSPS) is 15.8. The van der Waals surface area contributed by atoms with E-state index in [1.807, 2.05) is 39.1 Å². The van der Waals surface area contributed by atoms with Crippen molar-refractivity contribution in [2.24, 2.45) is 0 Å². The van der Waals surface area contributed by atoms with Gasteiger partial charge in [-0.15, -0.1) is 11.3 Å². The quantitative estimate of drug-likeness (QED) is 0.655. The minimum absolute atomic E-state index is 0.00851. The summed E-state index contributed by atoms with van der Waals surface area (Å²) in [6.07, 6.45) is 1.51. The minimum atomic E-state index is -0.431. The molecule has 1 aromatic carbocycles. The Bertz CT molecular complexity index is 941. The van der Waals surface area contributed by atoms with Crippen molar-refractivity contribution in [2.45, 2.75) is 52.1 Å². The summed E-state index contributed by atoms with van der Waals surface area (Å²) in [5, 5.41) is 4.95. The van der Waals surface area contributed by atoms with Gasteiger partial charge in [0.05, 0.1) is 6.04 Å². The van der Waals surface area contributed by atoms with Gasteiger partial charge in [0.1, 0.15) is 13.2 Å². The number of fused-ring (bicyclic) bond motifs is 1. The Morgan fingerprint density at radius 2 is 2.03 bits per heavy atom. The Balaban J connectivity index is 1.76. The van der Waals surface area contributed by atoms with E-state index < -0.39 is 5.82 Å². The van der Waals surface area contributed by atoms with E-state index in [0.717, 1.165) is 18.4 Å². The van der Waals surface area contributed by atoms with Gasteiger partial charge >= 0.3 is 6.03 Å². The number of halogens is 1. The number of hydrogen-bond acceptors (Lipinski definition) is 4. The van der Waals surface area contributed by atoms with Crippen molar-refractivity contribution < 1.29 is 18.7 Å². The number of para-hydroxylation sites is 1. The van der Waals surface area contributed by atoms with Gasteiger partial charge in [-0.2, -0.15) is 0 Å². The van der Waals surface area contributed by atoms with Crippen LogP contribution in [-0.2, 0) is 11.2 Å². The van der Waals surface area contributed by atoms with Crippen molar-refractivity contribution in [2.75, 3.05) is 26.2 Å². The fourth-order valence-electron chi connectivity index (χ4n) is 3.78. The van der Waals surface area contributed by atoms with Gasteiger partial charge in [-0.1, -0.05) is 19.1 Å². The van der Waals surface area contributed by atoms with Gasteiger partial charge in [0, 0.05) is 23.5 Å². The number of amides is 3. The van der Waals surface area contributed by atoms with Gasteiger partial charge in [-0.25, -0.2) is 9.18 Å². The maximum Gasteiger partial charge on any atom is 0.318 e. The summed E-state index contributed by atoms with van der Waals surface area (Å²) in [5.74, 6) is -0.402. The molecule has 0 radical (unpaired) electrons. The summed E-state index contributed by atoms with van der Waals surface area (Å²) in [6.45, 7) is 8.89. The van der Waals surface area contributed by atoms with Crippen molar-refractivity contribution in [1.82, 2.24) is 15.1 Å². The molecule has 174 valence electrons. The number of nitrogens with one attached hydrogen (secondary N) is 1. The van der Waals surface area contributed by atoms with E-state index in [2.05, 4.69) is 5.32 Å². The van der Waals surface area contributed by atoms with Crippen LogP contribution in [0.25, 0.3) is 0 Å². The van der Waals surface area contributed by atoms with Crippen molar-refractivity contribution in [3.63, 3.8) is 0 Å². The highest BCUT2D eigenvalue weighted by atomic mass is 32.1. The van der Waals surface area contributed by atoms with Gasteiger partial charge in [0.2, 0.25) is 5.91 Å². The van der Waals surface area contributed by atoms with E-state index in [4.69, 9.17) is 4.74 Å². The summed E-state index contributed by atoms with van der Waals surface area (Å²) < 4.78 is 19.9. The van der Waals surface area contributed by atoms with Crippen molar-refractivity contribution >= 4 is 23.3 Å². The lowest BCUT2D eigenvalue weighted by atomic mass is 10.0. The van der Waals surface area contributed by atoms with E-state index in [1.54, 1.807) is 39.3 Å². The topological polar surface area (TPSA) is 61.9 Å². The molecule has 6 nitrogen and oxygen atoms in total. The molecular weight excluding hydrogens is 429 g/mol. The molecule has 0 spiro atoms. The maximum absolute atomic E-state index is 14.1. The molecule has 3 amide bonds. The number of rotatable bonds is 7. The Labute approximate surface area is 193 Å². The monoisotopic (exact) mass is 461 g/mol. The molecule has 1 aliphatic heterocycles. The first-order chi connectivity index (χ1) is 15.2. The van der Waals surface area contributed by atoms with Crippen LogP contribution in [0, 0.1) is 5.82 Å². The second-order valence-corrected chi connectivity index (χ2v) is 10.00. The van der Waals surface area contributed by atoms with Crippen molar-refractivity contribution in [3.8, 4) is 5.75 Å². The zero-order valence-electron chi connectivity index (χ0n) is 19.2.